The van der Waals surface area contributed by atoms with Crippen molar-refractivity contribution in [3.05, 3.63) is 53.4 Å². The number of benzene rings is 1. The minimum atomic E-state index is -1.11. The Hall–Kier alpha value is -2.31. The first kappa shape index (κ1) is 30.2. The Kier molecular flexibility index (Phi) is 10.5. The van der Waals surface area contributed by atoms with Crippen LogP contribution in [-0.4, -0.2) is 65.5 Å². The second-order valence-corrected chi connectivity index (χ2v) is 9.94. The number of methoxy groups -OCH3 is 1. The van der Waals surface area contributed by atoms with Gasteiger partial charge in [-0.15, -0.1) is 36.6 Å². The van der Waals surface area contributed by atoms with Crippen molar-refractivity contribution in [3.8, 4) is 5.75 Å². The molecule has 3 aromatic rings. The van der Waals surface area contributed by atoms with Gasteiger partial charge < -0.3 is 15.4 Å². The Morgan fingerprint density at radius 3 is 2.82 bits per heavy atom. The van der Waals surface area contributed by atoms with Crippen LogP contribution in [0.4, 0.5) is 19.0 Å². The van der Waals surface area contributed by atoms with E-state index in [1.54, 1.807) is 6.07 Å². The number of alkyl halides is 1. The Balaban J connectivity index is 0.00000200. The van der Waals surface area contributed by atoms with Crippen LogP contribution in [0.5, 0.6) is 5.75 Å². The van der Waals surface area contributed by atoms with Crippen molar-refractivity contribution in [1.29, 1.82) is 0 Å². The molecule has 1 aromatic carbocycles. The van der Waals surface area contributed by atoms with Crippen molar-refractivity contribution < 1.29 is 22.7 Å². The van der Waals surface area contributed by atoms with Crippen LogP contribution in [0.2, 0.25) is 0 Å². The Bertz CT molecular complexity index is 1310. The lowest BCUT2D eigenvalue weighted by Crippen LogP contribution is -2.51. The van der Waals surface area contributed by atoms with Crippen LogP contribution < -0.4 is 15.4 Å². The van der Waals surface area contributed by atoms with E-state index in [1.807, 2.05) is 17.0 Å². The van der Waals surface area contributed by atoms with Crippen LogP contribution in [0.25, 0.3) is 10.9 Å². The van der Waals surface area contributed by atoms with Gasteiger partial charge in [-0.05, 0) is 37.6 Å². The molecule has 38 heavy (non-hydrogen) atoms. The highest BCUT2D eigenvalue weighted by Crippen LogP contribution is 2.30. The van der Waals surface area contributed by atoms with Crippen LogP contribution in [-0.2, 0) is 17.8 Å². The van der Waals surface area contributed by atoms with Gasteiger partial charge in [0, 0.05) is 42.7 Å². The fourth-order valence-electron chi connectivity index (χ4n) is 4.64. The first-order chi connectivity index (χ1) is 17.4. The Labute approximate surface area is 235 Å². The van der Waals surface area contributed by atoms with Gasteiger partial charge in [-0.3, -0.25) is 14.7 Å². The van der Waals surface area contributed by atoms with E-state index < -0.39 is 17.8 Å². The highest BCUT2D eigenvalue weighted by atomic mass is 35.5. The molecule has 0 bridgehead atoms. The maximum absolute atomic E-state index is 15.0. The zero-order chi connectivity index (χ0) is 25.2. The van der Waals surface area contributed by atoms with Gasteiger partial charge in [0.05, 0.1) is 29.6 Å². The summed E-state index contributed by atoms with van der Waals surface area (Å²) in [5, 5.41) is 6.38. The highest BCUT2D eigenvalue weighted by molar-refractivity contribution is 8.00. The molecule has 2 atom stereocenters. The van der Waals surface area contributed by atoms with Crippen LogP contribution >= 0.6 is 36.6 Å². The molecule has 0 saturated carbocycles. The number of hydrogen-bond donors (Lipinski definition) is 2. The number of ether oxygens (including phenoxy) is 1. The van der Waals surface area contributed by atoms with E-state index in [9.17, 15) is 18.0 Å². The molecule has 206 valence electrons. The molecule has 0 aliphatic carbocycles. The number of piperidine rings is 1. The molecule has 0 spiro atoms. The molecule has 1 amide bonds. The summed E-state index contributed by atoms with van der Waals surface area (Å²) in [7, 11) is 1.42. The topological polar surface area (TPSA) is 79.4 Å². The smallest absolute Gasteiger partial charge is 0.235 e. The molecule has 4 heterocycles. The van der Waals surface area contributed by atoms with Gasteiger partial charge >= 0.3 is 0 Å². The molecule has 1 saturated heterocycles. The third-order valence-corrected chi connectivity index (χ3v) is 7.62. The number of anilines is 1. The summed E-state index contributed by atoms with van der Waals surface area (Å²) in [5.41, 5.74) is 1.17. The van der Waals surface area contributed by atoms with Gasteiger partial charge in [-0.2, -0.15) is 0 Å². The number of pyridine rings is 2. The van der Waals surface area contributed by atoms with Crippen LogP contribution in [0, 0.1) is 11.6 Å². The number of nitrogens with one attached hydrogen (secondary N) is 2. The fourth-order valence-corrected chi connectivity index (χ4v) is 5.40. The molecule has 1 fully saturated rings. The highest BCUT2D eigenvalue weighted by Gasteiger charge is 2.29. The number of hydrogen-bond acceptors (Lipinski definition) is 7. The van der Waals surface area contributed by atoms with Gasteiger partial charge in [0.15, 0.2) is 5.82 Å². The molecular formula is C25H28Cl2F3N5O2S. The monoisotopic (exact) mass is 589 g/mol. The zero-order valence-corrected chi connectivity index (χ0v) is 23.0. The number of carbonyl (C=O) groups is 1. The second-order valence-electron chi connectivity index (χ2n) is 8.92. The van der Waals surface area contributed by atoms with E-state index >= 15 is 0 Å². The Morgan fingerprint density at radius 1 is 1.24 bits per heavy atom. The van der Waals surface area contributed by atoms with Gasteiger partial charge in [0.2, 0.25) is 5.91 Å². The van der Waals surface area contributed by atoms with Gasteiger partial charge in [0.1, 0.15) is 29.1 Å². The van der Waals surface area contributed by atoms with Crippen molar-refractivity contribution in [2.45, 2.75) is 36.5 Å². The summed E-state index contributed by atoms with van der Waals surface area (Å²) in [4.78, 5) is 22.8. The summed E-state index contributed by atoms with van der Waals surface area (Å²) >= 11 is 1.45. The molecule has 5 rings (SSSR count). The second kappa shape index (κ2) is 13.2. The van der Waals surface area contributed by atoms with Gasteiger partial charge in [-0.25, -0.2) is 18.2 Å². The third kappa shape index (κ3) is 6.63. The van der Waals surface area contributed by atoms with E-state index in [0.717, 1.165) is 16.8 Å². The normalized spacial score (nSPS) is 19.2. The number of nitrogens with zero attached hydrogens (tertiary/aromatic N) is 3. The Morgan fingerprint density at radius 2 is 2.05 bits per heavy atom. The number of rotatable bonds is 7. The quantitative estimate of drug-likeness (QED) is 0.418. The van der Waals surface area contributed by atoms with Crippen LogP contribution in [0.1, 0.15) is 17.7 Å². The summed E-state index contributed by atoms with van der Waals surface area (Å²) in [6.07, 6.45) is 0.801. The van der Waals surface area contributed by atoms with Crippen molar-refractivity contribution in [2.24, 2.45) is 0 Å². The molecule has 0 radical (unpaired) electrons. The van der Waals surface area contributed by atoms with Crippen molar-refractivity contribution in [3.63, 3.8) is 0 Å². The van der Waals surface area contributed by atoms with Crippen LogP contribution in [0.3, 0.4) is 0 Å². The summed E-state index contributed by atoms with van der Waals surface area (Å²) in [5.74, 6) is 0.0508. The first-order valence-electron chi connectivity index (χ1n) is 11.7. The summed E-state index contributed by atoms with van der Waals surface area (Å²) in [6.45, 7) is 1.68. The number of carbonyl (C=O) groups excluding carboxylic acids is 1. The maximum atomic E-state index is 15.0. The molecular weight excluding hydrogens is 562 g/mol. The molecule has 2 N–H and O–H groups in total. The first-order valence-corrected chi connectivity index (χ1v) is 12.7. The predicted octanol–water partition coefficient (Wildman–Crippen LogP) is 4.55. The summed E-state index contributed by atoms with van der Waals surface area (Å²) in [6, 6.07) is 6.26. The summed E-state index contributed by atoms with van der Waals surface area (Å²) < 4.78 is 49.1. The van der Waals surface area contributed by atoms with E-state index in [-0.39, 0.29) is 48.8 Å². The zero-order valence-electron chi connectivity index (χ0n) is 20.5. The van der Waals surface area contributed by atoms with Crippen molar-refractivity contribution in [2.75, 3.05) is 37.8 Å². The average Bonchev–Trinajstić information content (AvgIpc) is 2.87. The van der Waals surface area contributed by atoms with Crippen LogP contribution in [0.15, 0.2) is 35.4 Å². The minimum absolute atomic E-state index is 0. The van der Waals surface area contributed by atoms with E-state index in [2.05, 4.69) is 20.6 Å². The van der Waals surface area contributed by atoms with Crippen molar-refractivity contribution >= 4 is 59.2 Å². The number of thioether (sulfide) groups is 1. The van der Waals surface area contributed by atoms with E-state index in [4.69, 9.17) is 4.74 Å². The average molecular weight is 590 g/mol. The number of halogens is 5. The molecule has 2 aromatic heterocycles. The van der Waals surface area contributed by atoms with Gasteiger partial charge in [-0.1, -0.05) is 0 Å². The molecule has 2 aliphatic heterocycles. The van der Waals surface area contributed by atoms with E-state index in [0.29, 0.717) is 60.7 Å². The standard InChI is InChI=1S/C25H26F3N5O2S.2ClH/c1-35-15-8-17-16(19(27)11-30-24(17)18(26)9-15)4-6-33-7-5-21(20(28)12-33)29-10-14-2-3-22-25(31-14)32-23(34)13-36-22;;/h2-3,8-9,11,20-21,29H,4-7,10,12-13H2,1H3,(H,31,32,34);2*1H. The fraction of sp³-hybridized carbons (Fsp3) is 0.400. The lowest BCUT2D eigenvalue weighted by Gasteiger charge is -2.35. The van der Waals surface area contributed by atoms with Crippen molar-refractivity contribution in [1.82, 2.24) is 20.2 Å². The number of fused-ring (bicyclic) bond motifs is 2. The third-order valence-electron chi connectivity index (χ3n) is 6.57. The number of likely N-dealkylation sites (tertiary alicyclic amines) is 1. The largest absolute Gasteiger partial charge is 0.497 e. The van der Waals surface area contributed by atoms with Gasteiger partial charge in [0.25, 0.3) is 0 Å². The van der Waals surface area contributed by atoms with E-state index in [1.165, 1.54) is 24.9 Å². The molecule has 7 nitrogen and oxygen atoms in total. The lowest BCUT2D eigenvalue weighted by molar-refractivity contribution is -0.113. The molecule has 2 unspecified atom stereocenters. The maximum Gasteiger partial charge on any atom is 0.235 e. The minimum Gasteiger partial charge on any atom is -0.497 e. The molecule has 13 heteroatoms. The molecule has 2 aliphatic rings. The number of amides is 1. The lowest BCUT2D eigenvalue weighted by atomic mass is 10.0. The predicted molar refractivity (Wildman–Crippen MR) is 147 cm³/mol. The SMILES string of the molecule is COc1cc(F)c2ncc(F)c(CCN3CCC(NCc4ccc5c(n4)NC(=O)CS5)C(F)C3)c2c1.Cl.Cl. The number of aromatic nitrogens is 2.